The second-order valence-corrected chi connectivity index (χ2v) is 13.2. The average Bonchev–Trinajstić information content (AvgIpc) is 3.27. The number of methoxy groups -OCH3 is 1. The van der Waals surface area contributed by atoms with Gasteiger partial charge in [0.1, 0.15) is 0 Å². The molecule has 1 saturated heterocycles. The van der Waals surface area contributed by atoms with E-state index in [1.165, 1.54) is 52.7 Å². The highest BCUT2D eigenvalue weighted by Crippen LogP contribution is 2.22. The number of rotatable bonds is 8. The number of aromatic nitrogens is 1. The van der Waals surface area contributed by atoms with Gasteiger partial charge in [0.25, 0.3) is 5.91 Å². The summed E-state index contributed by atoms with van der Waals surface area (Å²) in [5.74, 6) is -0.601. The number of carbonyl (C=O) groups excluding carboxylic acids is 2. The highest BCUT2D eigenvalue weighted by molar-refractivity contribution is 7.89. The van der Waals surface area contributed by atoms with Gasteiger partial charge in [0.05, 0.1) is 33.2 Å². The molecule has 1 aliphatic heterocycles. The second-order valence-electron chi connectivity index (χ2n) is 8.74. The van der Waals surface area contributed by atoms with Crippen LogP contribution in [0.3, 0.4) is 0 Å². The number of fused-ring (bicyclic) bond motifs is 1. The normalized spacial score (nSPS) is 15.5. The molecule has 0 unspecified atom stereocenters. The Hall–Kier alpha value is -3.15. The molecule has 1 aliphatic rings. The van der Waals surface area contributed by atoms with Crippen LogP contribution >= 0.6 is 11.3 Å². The standard InChI is InChI=1S/C24H29N5O8S3/c1-3-37-24(31)27-10-12-28(13-11-27)40(34,35)18-6-4-17(5-7-18)22(30)26-23-29(14-15-36-2)20-9-8-19(39(25,32)33)16-21(20)38-23/h4-9,16H,3,10-15H2,1-2H3,(H2,25,32,33). The first kappa shape index (κ1) is 29.8. The molecule has 0 atom stereocenters. The summed E-state index contributed by atoms with van der Waals surface area (Å²) in [6, 6.07) is 9.87. The van der Waals surface area contributed by atoms with Crippen molar-refractivity contribution in [2.75, 3.05) is 46.5 Å². The van der Waals surface area contributed by atoms with E-state index in [1.54, 1.807) is 17.6 Å². The minimum absolute atomic E-state index is 0.0150. The molecule has 0 bridgehead atoms. The SMILES string of the molecule is CCOC(=O)N1CCN(S(=O)(=O)c2ccc(C(=O)N=c3sc4cc(S(N)(=O)=O)ccc4n3CCOC)cc2)CC1. The maximum absolute atomic E-state index is 13.1. The molecule has 3 aromatic rings. The predicted molar refractivity (Wildman–Crippen MR) is 147 cm³/mol. The Morgan fingerprint density at radius 1 is 1.00 bits per heavy atom. The number of piperazine rings is 1. The summed E-state index contributed by atoms with van der Waals surface area (Å²) in [4.78, 5) is 30.9. The summed E-state index contributed by atoms with van der Waals surface area (Å²) in [5, 5.41) is 5.26. The van der Waals surface area contributed by atoms with Crippen LogP contribution in [0.1, 0.15) is 17.3 Å². The minimum Gasteiger partial charge on any atom is -0.450 e. The van der Waals surface area contributed by atoms with Gasteiger partial charge in [-0.2, -0.15) is 9.30 Å². The van der Waals surface area contributed by atoms with Gasteiger partial charge in [-0.25, -0.2) is 26.8 Å². The summed E-state index contributed by atoms with van der Waals surface area (Å²) in [7, 11) is -6.22. The van der Waals surface area contributed by atoms with Gasteiger partial charge in [-0.1, -0.05) is 11.3 Å². The zero-order valence-electron chi connectivity index (χ0n) is 21.8. The molecule has 2 amide bonds. The largest absolute Gasteiger partial charge is 0.450 e. The average molecular weight is 612 g/mol. The van der Waals surface area contributed by atoms with Crippen molar-refractivity contribution in [1.29, 1.82) is 0 Å². The van der Waals surface area contributed by atoms with Crippen LogP contribution in [0.15, 0.2) is 57.2 Å². The third kappa shape index (κ3) is 6.42. The monoisotopic (exact) mass is 611 g/mol. The van der Waals surface area contributed by atoms with E-state index in [2.05, 4.69) is 4.99 Å². The van der Waals surface area contributed by atoms with E-state index in [0.29, 0.717) is 28.2 Å². The maximum Gasteiger partial charge on any atom is 0.409 e. The van der Waals surface area contributed by atoms with E-state index >= 15 is 0 Å². The van der Waals surface area contributed by atoms with Crippen LogP contribution in [0.25, 0.3) is 10.2 Å². The Kier molecular flexibility index (Phi) is 9.06. The molecule has 2 heterocycles. The molecular formula is C24H29N5O8S3. The molecule has 216 valence electrons. The van der Waals surface area contributed by atoms with Crippen molar-refractivity contribution in [3.8, 4) is 0 Å². The van der Waals surface area contributed by atoms with E-state index < -0.39 is 32.0 Å². The first-order chi connectivity index (χ1) is 19.0. The fraction of sp³-hybridized carbons (Fsp3) is 0.375. The van der Waals surface area contributed by atoms with E-state index in [-0.39, 0.29) is 48.1 Å². The first-order valence-electron chi connectivity index (χ1n) is 12.2. The summed E-state index contributed by atoms with van der Waals surface area (Å²) in [6.07, 6.45) is -0.474. The van der Waals surface area contributed by atoms with Gasteiger partial charge >= 0.3 is 6.09 Å². The fourth-order valence-electron chi connectivity index (χ4n) is 4.11. The van der Waals surface area contributed by atoms with Crippen molar-refractivity contribution in [1.82, 2.24) is 13.8 Å². The zero-order chi connectivity index (χ0) is 29.1. The number of amides is 2. The maximum atomic E-state index is 13.1. The number of hydrogen-bond acceptors (Lipinski definition) is 9. The van der Waals surface area contributed by atoms with Crippen LogP contribution in [0.2, 0.25) is 0 Å². The molecule has 2 aromatic carbocycles. The molecule has 0 saturated carbocycles. The summed E-state index contributed by atoms with van der Waals surface area (Å²) in [6.45, 7) is 3.30. The van der Waals surface area contributed by atoms with Crippen LogP contribution in [0.5, 0.6) is 0 Å². The lowest BCUT2D eigenvalue weighted by atomic mass is 10.2. The lowest BCUT2D eigenvalue weighted by molar-refractivity contribution is 0.0933. The van der Waals surface area contributed by atoms with Gasteiger partial charge in [-0.3, -0.25) is 4.79 Å². The second kappa shape index (κ2) is 12.2. The van der Waals surface area contributed by atoms with E-state index in [4.69, 9.17) is 14.6 Å². The van der Waals surface area contributed by atoms with E-state index in [1.807, 2.05) is 0 Å². The fourth-order valence-corrected chi connectivity index (χ4v) is 7.24. The summed E-state index contributed by atoms with van der Waals surface area (Å²) < 4.78 is 63.5. The molecule has 1 fully saturated rings. The highest BCUT2D eigenvalue weighted by Gasteiger charge is 2.30. The Morgan fingerprint density at radius 3 is 2.25 bits per heavy atom. The molecule has 0 aliphatic carbocycles. The van der Waals surface area contributed by atoms with Crippen molar-refractivity contribution in [3.05, 3.63) is 52.8 Å². The molecular weight excluding hydrogens is 582 g/mol. The molecule has 0 radical (unpaired) electrons. The number of carbonyl (C=O) groups is 2. The Balaban J connectivity index is 1.57. The van der Waals surface area contributed by atoms with Crippen LogP contribution in [0.4, 0.5) is 4.79 Å². The van der Waals surface area contributed by atoms with E-state index in [0.717, 1.165) is 11.3 Å². The minimum atomic E-state index is -3.91. The van der Waals surface area contributed by atoms with Gasteiger partial charge in [-0.05, 0) is 49.4 Å². The number of sulfonamides is 2. The number of hydrogen-bond donors (Lipinski definition) is 1. The first-order valence-corrected chi connectivity index (χ1v) is 16.0. The molecule has 13 nitrogen and oxygen atoms in total. The third-order valence-corrected chi connectivity index (χ3v) is 10.1. The van der Waals surface area contributed by atoms with Crippen molar-refractivity contribution in [3.63, 3.8) is 0 Å². The number of benzene rings is 2. The van der Waals surface area contributed by atoms with Crippen molar-refractivity contribution in [2.45, 2.75) is 23.3 Å². The molecule has 1 aromatic heterocycles. The smallest absolute Gasteiger partial charge is 0.409 e. The third-order valence-electron chi connectivity index (χ3n) is 6.20. The molecule has 4 rings (SSSR count). The van der Waals surface area contributed by atoms with Gasteiger partial charge in [-0.15, -0.1) is 0 Å². The predicted octanol–water partition coefficient (Wildman–Crippen LogP) is 1.20. The molecule has 16 heteroatoms. The molecule has 2 N–H and O–H groups in total. The van der Waals surface area contributed by atoms with Crippen LogP contribution in [0, 0.1) is 0 Å². The Labute approximate surface area is 235 Å². The topological polar surface area (TPSA) is 171 Å². The summed E-state index contributed by atoms with van der Waals surface area (Å²) >= 11 is 1.12. The molecule has 0 spiro atoms. The van der Waals surface area contributed by atoms with Gasteiger partial charge in [0, 0.05) is 45.4 Å². The zero-order valence-corrected chi connectivity index (χ0v) is 24.3. The Bertz CT molecular complexity index is 1690. The van der Waals surface area contributed by atoms with E-state index in [9.17, 15) is 26.4 Å². The molecule has 40 heavy (non-hydrogen) atoms. The van der Waals surface area contributed by atoms with Crippen molar-refractivity contribution >= 4 is 53.6 Å². The van der Waals surface area contributed by atoms with Gasteiger partial charge < -0.3 is 18.9 Å². The quantitative estimate of drug-likeness (QED) is 0.396. The summed E-state index contributed by atoms with van der Waals surface area (Å²) in [5.41, 5.74) is 0.831. The van der Waals surface area contributed by atoms with Gasteiger partial charge in [0.2, 0.25) is 20.0 Å². The lowest BCUT2D eigenvalue weighted by Crippen LogP contribution is -2.50. The van der Waals surface area contributed by atoms with Gasteiger partial charge in [0.15, 0.2) is 4.80 Å². The number of primary sulfonamides is 1. The number of nitrogens with two attached hydrogens (primary N) is 1. The lowest BCUT2D eigenvalue weighted by Gasteiger charge is -2.33. The van der Waals surface area contributed by atoms with Crippen LogP contribution in [-0.4, -0.2) is 89.1 Å². The van der Waals surface area contributed by atoms with Crippen molar-refractivity contribution < 1.29 is 35.9 Å². The Morgan fingerprint density at radius 2 is 1.65 bits per heavy atom. The number of ether oxygens (including phenoxy) is 2. The highest BCUT2D eigenvalue weighted by atomic mass is 32.2. The number of thiazole rings is 1. The van der Waals surface area contributed by atoms with Crippen LogP contribution in [-0.2, 0) is 36.1 Å². The number of nitrogens with zero attached hydrogens (tertiary/aromatic N) is 4. The van der Waals surface area contributed by atoms with Crippen molar-refractivity contribution in [2.24, 2.45) is 10.1 Å². The van der Waals surface area contributed by atoms with Crippen LogP contribution < -0.4 is 9.94 Å².